The lowest BCUT2D eigenvalue weighted by Crippen LogP contribution is -1.98. The standard InChI is InChI=1S/C17H14BrNO/c18-16-9-8-14(19)10-17(16)20-11-13-6-3-5-12-4-1-2-7-15(12)13/h1-10H,11,19H2. The summed E-state index contributed by atoms with van der Waals surface area (Å²) >= 11 is 3.47. The summed E-state index contributed by atoms with van der Waals surface area (Å²) in [5, 5.41) is 2.44. The number of halogens is 1. The molecule has 0 aliphatic rings. The summed E-state index contributed by atoms with van der Waals surface area (Å²) < 4.78 is 6.79. The maximum Gasteiger partial charge on any atom is 0.136 e. The second-order valence-corrected chi connectivity index (χ2v) is 5.47. The van der Waals surface area contributed by atoms with Crippen molar-refractivity contribution >= 4 is 32.4 Å². The van der Waals surface area contributed by atoms with Crippen LogP contribution >= 0.6 is 15.9 Å². The van der Waals surface area contributed by atoms with Gasteiger partial charge in [0.25, 0.3) is 0 Å². The maximum absolute atomic E-state index is 5.88. The van der Waals surface area contributed by atoms with Gasteiger partial charge in [0.15, 0.2) is 0 Å². The first kappa shape index (κ1) is 13.0. The van der Waals surface area contributed by atoms with Gasteiger partial charge in [-0.25, -0.2) is 0 Å². The molecule has 0 saturated heterocycles. The zero-order chi connectivity index (χ0) is 13.9. The van der Waals surface area contributed by atoms with E-state index in [1.807, 2.05) is 30.3 Å². The Hall–Kier alpha value is -2.00. The molecule has 0 unspecified atom stereocenters. The maximum atomic E-state index is 5.88. The lowest BCUT2D eigenvalue weighted by Gasteiger charge is -2.11. The summed E-state index contributed by atoms with van der Waals surface area (Å²) in [6.45, 7) is 0.517. The number of nitrogen functional groups attached to an aromatic ring is 1. The van der Waals surface area contributed by atoms with Gasteiger partial charge in [0.1, 0.15) is 12.4 Å². The van der Waals surface area contributed by atoms with Crippen LogP contribution in [-0.2, 0) is 6.61 Å². The van der Waals surface area contributed by atoms with Crippen LogP contribution in [0.15, 0.2) is 65.1 Å². The van der Waals surface area contributed by atoms with Gasteiger partial charge in [0.05, 0.1) is 4.47 Å². The summed E-state index contributed by atoms with van der Waals surface area (Å²) in [6.07, 6.45) is 0. The Bertz CT molecular complexity index is 750. The molecule has 2 N–H and O–H groups in total. The van der Waals surface area contributed by atoms with Gasteiger partial charge in [0, 0.05) is 11.8 Å². The monoisotopic (exact) mass is 327 g/mol. The SMILES string of the molecule is Nc1ccc(Br)c(OCc2cccc3ccccc23)c1. The molecule has 3 rings (SSSR count). The topological polar surface area (TPSA) is 35.2 Å². The van der Waals surface area contributed by atoms with Gasteiger partial charge in [-0.05, 0) is 44.4 Å². The van der Waals surface area contributed by atoms with E-state index in [1.54, 1.807) is 0 Å². The lowest BCUT2D eigenvalue weighted by molar-refractivity contribution is 0.306. The minimum absolute atomic E-state index is 0.517. The normalized spacial score (nSPS) is 10.7. The van der Waals surface area contributed by atoms with Crippen LogP contribution in [0.2, 0.25) is 0 Å². The molecule has 3 aromatic rings. The number of nitrogens with two attached hydrogens (primary N) is 1. The largest absolute Gasteiger partial charge is 0.488 e. The molecule has 0 bridgehead atoms. The van der Waals surface area contributed by atoms with Crippen LogP contribution in [0.1, 0.15) is 5.56 Å². The molecule has 0 amide bonds. The predicted octanol–water partition coefficient (Wildman–Crippen LogP) is 4.76. The van der Waals surface area contributed by atoms with Gasteiger partial charge >= 0.3 is 0 Å². The Kier molecular flexibility index (Phi) is 3.61. The summed E-state index contributed by atoms with van der Waals surface area (Å²) in [5.74, 6) is 0.762. The molecular formula is C17H14BrNO. The highest BCUT2D eigenvalue weighted by Gasteiger charge is 2.04. The fourth-order valence-electron chi connectivity index (χ4n) is 2.20. The van der Waals surface area contributed by atoms with E-state index in [0.29, 0.717) is 12.3 Å². The Balaban J connectivity index is 1.89. The van der Waals surface area contributed by atoms with Crippen molar-refractivity contribution in [1.29, 1.82) is 0 Å². The molecule has 0 atom stereocenters. The fraction of sp³-hybridized carbons (Fsp3) is 0.0588. The molecule has 2 nitrogen and oxygen atoms in total. The van der Waals surface area contributed by atoms with E-state index in [2.05, 4.69) is 46.3 Å². The first-order valence-electron chi connectivity index (χ1n) is 6.38. The Labute approximate surface area is 126 Å². The van der Waals surface area contributed by atoms with Crippen molar-refractivity contribution in [2.24, 2.45) is 0 Å². The number of rotatable bonds is 3. The summed E-state index contributed by atoms with van der Waals surface area (Å²) in [4.78, 5) is 0. The third kappa shape index (κ3) is 2.63. The highest BCUT2D eigenvalue weighted by Crippen LogP contribution is 2.28. The zero-order valence-corrected chi connectivity index (χ0v) is 12.4. The number of fused-ring (bicyclic) bond motifs is 1. The fourth-order valence-corrected chi connectivity index (χ4v) is 2.57. The Morgan fingerprint density at radius 2 is 1.75 bits per heavy atom. The molecule has 0 aliphatic heterocycles. The van der Waals surface area contributed by atoms with Crippen LogP contribution in [0, 0.1) is 0 Å². The van der Waals surface area contributed by atoms with Gasteiger partial charge in [-0.2, -0.15) is 0 Å². The van der Waals surface area contributed by atoms with Gasteiger partial charge in [-0.3, -0.25) is 0 Å². The van der Waals surface area contributed by atoms with Crippen LogP contribution in [0.5, 0.6) is 5.75 Å². The minimum Gasteiger partial charge on any atom is -0.488 e. The number of hydrogen-bond donors (Lipinski definition) is 1. The first-order chi connectivity index (χ1) is 9.74. The molecule has 0 fully saturated rings. The average Bonchev–Trinajstić information content (AvgIpc) is 2.48. The molecule has 3 aromatic carbocycles. The average molecular weight is 328 g/mol. The van der Waals surface area contributed by atoms with Crippen molar-refractivity contribution in [3.8, 4) is 5.75 Å². The number of hydrogen-bond acceptors (Lipinski definition) is 2. The van der Waals surface area contributed by atoms with Crippen molar-refractivity contribution in [3.63, 3.8) is 0 Å². The van der Waals surface area contributed by atoms with Crippen LogP contribution < -0.4 is 10.5 Å². The summed E-state index contributed by atoms with van der Waals surface area (Å²) in [6, 6.07) is 20.1. The molecule has 0 spiro atoms. The second-order valence-electron chi connectivity index (χ2n) is 4.62. The van der Waals surface area contributed by atoms with E-state index < -0.39 is 0 Å². The Morgan fingerprint density at radius 1 is 0.950 bits per heavy atom. The lowest BCUT2D eigenvalue weighted by atomic mass is 10.1. The molecule has 3 heteroatoms. The molecular weight excluding hydrogens is 314 g/mol. The number of anilines is 1. The molecule has 0 saturated carbocycles. The van der Waals surface area contributed by atoms with Gasteiger partial charge < -0.3 is 10.5 Å². The molecule has 20 heavy (non-hydrogen) atoms. The van der Waals surface area contributed by atoms with E-state index in [0.717, 1.165) is 15.8 Å². The smallest absolute Gasteiger partial charge is 0.136 e. The zero-order valence-electron chi connectivity index (χ0n) is 10.8. The number of ether oxygens (including phenoxy) is 1. The van der Waals surface area contributed by atoms with Crippen molar-refractivity contribution in [2.45, 2.75) is 6.61 Å². The van der Waals surface area contributed by atoms with Gasteiger partial charge in [-0.1, -0.05) is 42.5 Å². The number of benzene rings is 3. The highest BCUT2D eigenvalue weighted by molar-refractivity contribution is 9.10. The van der Waals surface area contributed by atoms with E-state index >= 15 is 0 Å². The van der Waals surface area contributed by atoms with Crippen LogP contribution in [-0.4, -0.2) is 0 Å². The van der Waals surface area contributed by atoms with E-state index in [4.69, 9.17) is 10.5 Å². The van der Waals surface area contributed by atoms with Crippen LogP contribution in [0.25, 0.3) is 10.8 Å². The molecule has 0 aromatic heterocycles. The van der Waals surface area contributed by atoms with Crippen molar-refractivity contribution in [2.75, 3.05) is 5.73 Å². The molecule has 100 valence electrons. The second kappa shape index (κ2) is 5.55. The third-order valence-corrected chi connectivity index (χ3v) is 3.87. The Morgan fingerprint density at radius 3 is 2.65 bits per heavy atom. The van der Waals surface area contributed by atoms with Crippen LogP contribution in [0.3, 0.4) is 0 Å². The predicted molar refractivity (Wildman–Crippen MR) is 86.8 cm³/mol. The van der Waals surface area contributed by atoms with Gasteiger partial charge in [-0.15, -0.1) is 0 Å². The summed E-state index contributed by atoms with van der Waals surface area (Å²) in [7, 11) is 0. The summed E-state index contributed by atoms with van der Waals surface area (Å²) in [5.41, 5.74) is 7.65. The van der Waals surface area contributed by atoms with E-state index in [1.165, 1.54) is 10.8 Å². The minimum atomic E-state index is 0.517. The van der Waals surface area contributed by atoms with Crippen molar-refractivity contribution in [1.82, 2.24) is 0 Å². The molecule has 0 radical (unpaired) electrons. The van der Waals surface area contributed by atoms with Crippen molar-refractivity contribution in [3.05, 3.63) is 70.7 Å². The third-order valence-electron chi connectivity index (χ3n) is 3.22. The van der Waals surface area contributed by atoms with Crippen molar-refractivity contribution < 1.29 is 4.74 Å². The molecule has 0 heterocycles. The quantitative estimate of drug-likeness (QED) is 0.703. The van der Waals surface area contributed by atoms with Gasteiger partial charge in [0.2, 0.25) is 0 Å². The molecule has 0 aliphatic carbocycles. The highest BCUT2D eigenvalue weighted by atomic mass is 79.9. The van der Waals surface area contributed by atoms with E-state index in [9.17, 15) is 0 Å². The van der Waals surface area contributed by atoms with E-state index in [-0.39, 0.29) is 0 Å². The van der Waals surface area contributed by atoms with Crippen LogP contribution in [0.4, 0.5) is 5.69 Å². The first-order valence-corrected chi connectivity index (χ1v) is 7.18.